The second-order valence-corrected chi connectivity index (χ2v) is 10.4. The average molecular weight is 521 g/mol. The van der Waals surface area contributed by atoms with Gasteiger partial charge in [0.25, 0.3) is 0 Å². The molecule has 2 aliphatic heterocycles. The Morgan fingerprint density at radius 1 is 1.14 bits per heavy atom. The number of piperazine rings is 1. The highest BCUT2D eigenvalue weighted by Gasteiger charge is 2.43. The highest BCUT2D eigenvalue weighted by atomic mass is 35.5. The lowest BCUT2D eigenvalue weighted by atomic mass is 9.78. The zero-order valence-corrected chi connectivity index (χ0v) is 22.7. The molecule has 1 unspecified atom stereocenters. The van der Waals surface area contributed by atoms with E-state index in [0.29, 0.717) is 25.7 Å². The van der Waals surface area contributed by atoms with Crippen LogP contribution in [0.2, 0.25) is 0 Å². The Balaban J connectivity index is 0.00000320. The molecule has 1 aromatic heterocycles. The predicted molar refractivity (Wildman–Crippen MR) is 151 cm³/mol. The van der Waals surface area contributed by atoms with E-state index in [1.807, 2.05) is 23.2 Å². The van der Waals surface area contributed by atoms with E-state index in [-0.39, 0.29) is 29.8 Å². The number of methoxy groups -OCH3 is 1. The van der Waals surface area contributed by atoms with Gasteiger partial charge in [0.1, 0.15) is 0 Å². The number of amides is 1. The number of hydrogen-bond donors (Lipinski definition) is 1. The van der Waals surface area contributed by atoms with Crippen LogP contribution in [0.4, 0.5) is 5.69 Å². The SMILES string of the molecule is COC[C@H]1CN[C@H](C)CN1CC(=O)N1CC(C)(c2cccnc2)c2ccc(Cc3ccccc3)cc21.Cl. The molecule has 5 rings (SSSR count). The van der Waals surface area contributed by atoms with E-state index in [2.05, 4.69) is 77.6 Å². The van der Waals surface area contributed by atoms with Crippen molar-refractivity contribution in [2.75, 3.05) is 44.8 Å². The number of carbonyl (C=O) groups is 1. The molecule has 0 saturated carbocycles. The summed E-state index contributed by atoms with van der Waals surface area (Å²) in [6.45, 7) is 7.65. The first-order valence-corrected chi connectivity index (χ1v) is 12.8. The van der Waals surface area contributed by atoms with Gasteiger partial charge in [0, 0.05) is 62.3 Å². The molecule has 0 spiro atoms. The number of carbonyl (C=O) groups excluding carboxylic acids is 1. The van der Waals surface area contributed by atoms with Crippen LogP contribution in [0.15, 0.2) is 73.1 Å². The lowest BCUT2D eigenvalue weighted by Gasteiger charge is -2.39. The molecule has 0 radical (unpaired) electrons. The van der Waals surface area contributed by atoms with Gasteiger partial charge in [0.05, 0.1) is 13.2 Å². The molecule has 3 heterocycles. The molecule has 3 aromatic rings. The smallest absolute Gasteiger partial charge is 0.241 e. The number of ether oxygens (including phenoxy) is 1. The second-order valence-electron chi connectivity index (χ2n) is 10.4. The van der Waals surface area contributed by atoms with Crippen molar-refractivity contribution in [3.63, 3.8) is 0 Å². The molecule has 37 heavy (non-hydrogen) atoms. The lowest BCUT2D eigenvalue weighted by molar-refractivity contribution is -0.121. The fourth-order valence-corrected chi connectivity index (χ4v) is 5.69. The van der Waals surface area contributed by atoms with Crippen LogP contribution < -0.4 is 10.2 Å². The number of benzene rings is 2. The monoisotopic (exact) mass is 520 g/mol. The van der Waals surface area contributed by atoms with Gasteiger partial charge in [-0.05, 0) is 54.7 Å². The van der Waals surface area contributed by atoms with E-state index in [1.165, 1.54) is 16.7 Å². The predicted octanol–water partition coefficient (Wildman–Crippen LogP) is 4.06. The Kier molecular flexibility index (Phi) is 8.65. The number of halogens is 1. The van der Waals surface area contributed by atoms with Crippen LogP contribution in [0, 0.1) is 0 Å². The highest BCUT2D eigenvalue weighted by Crippen LogP contribution is 2.45. The minimum Gasteiger partial charge on any atom is -0.383 e. The van der Waals surface area contributed by atoms with Crippen LogP contribution in [0.5, 0.6) is 0 Å². The van der Waals surface area contributed by atoms with Crippen molar-refractivity contribution in [1.82, 2.24) is 15.2 Å². The van der Waals surface area contributed by atoms with Gasteiger partial charge in [0.15, 0.2) is 0 Å². The summed E-state index contributed by atoms with van der Waals surface area (Å²) in [7, 11) is 1.72. The zero-order chi connectivity index (χ0) is 25.1. The van der Waals surface area contributed by atoms with Gasteiger partial charge >= 0.3 is 0 Å². The Labute approximate surface area is 226 Å². The number of aromatic nitrogens is 1. The van der Waals surface area contributed by atoms with Gasteiger partial charge in [-0.15, -0.1) is 12.4 Å². The summed E-state index contributed by atoms with van der Waals surface area (Å²) in [6.07, 6.45) is 4.57. The summed E-state index contributed by atoms with van der Waals surface area (Å²) in [6, 6.07) is 21.8. The van der Waals surface area contributed by atoms with Crippen molar-refractivity contribution in [2.45, 2.75) is 37.8 Å². The van der Waals surface area contributed by atoms with Crippen molar-refractivity contribution >= 4 is 24.0 Å². The third kappa shape index (κ3) is 5.73. The maximum atomic E-state index is 13.9. The maximum Gasteiger partial charge on any atom is 0.241 e. The molecule has 196 valence electrons. The third-order valence-electron chi connectivity index (χ3n) is 7.70. The lowest BCUT2D eigenvalue weighted by Crippen LogP contribution is -2.59. The van der Waals surface area contributed by atoms with Crippen molar-refractivity contribution in [3.05, 3.63) is 95.3 Å². The van der Waals surface area contributed by atoms with Gasteiger partial charge in [-0.3, -0.25) is 14.7 Å². The van der Waals surface area contributed by atoms with Crippen molar-refractivity contribution in [3.8, 4) is 0 Å². The van der Waals surface area contributed by atoms with Crippen molar-refractivity contribution in [2.24, 2.45) is 0 Å². The first-order valence-electron chi connectivity index (χ1n) is 12.8. The Bertz CT molecular complexity index is 1190. The number of nitrogens with one attached hydrogen (secondary N) is 1. The Morgan fingerprint density at radius 2 is 1.95 bits per heavy atom. The number of fused-ring (bicyclic) bond motifs is 1. The zero-order valence-electron chi connectivity index (χ0n) is 21.9. The van der Waals surface area contributed by atoms with Gasteiger partial charge in [-0.25, -0.2) is 0 Å². The Morgan fingerprint density at radius 3 is 2.68 bits per heavy atom. The van der Waals surface area contributed by atoms with Crippen LogP contribution in [0.1, 0.15) is 36.1 Å². The van der Waals surface area contributed by atoms with E-state index >= 15 is 0 Å². The van der Waals surface area contributed by atoms with Crippen molar-refractivity contribution < 1.29 is 9.53 Å². The largest absolute Gasteiger partial charge is 0.383 e. The average Bonchev–Trinajstić information content (AvgIpc) is 3.20. The minimum atomic E-state index is -0.312. The van der Waals surface area contributed by atoms with Crippen LogP contribution >= 0.6 is 12.4 Å². The molecule has 2 aliphatic rings. The molecular weight excluding hydrogens is 484 g/mol. The number of nitrogens with zero attached hydrogens (tertiary/aromatic N) is 3. The summed E-state index contributed by atoms with van der Waals surface area (Å²) in [5.74, 6) is 0.135. The van der Waals surface area contributed by atoms with E-state index in [4.69, 9.17) is 4.74 Å². The molecular formula is C30H37ClN4O2. The molecule has 1 saturated heterocycles. The summed E-state index contributed by atoms with van der Waals surface area (Å²) in [4.78, 5) is 22.6. The molecule has 7 heteroatoms. The maximum absolute atomic E-state index is 13.9. The van der Waals surface area contributed by atoms with Gasteiger partial charge in [-0.2, -0.15) is 0 Å². The van der Waals surface area contributed by atoms with Gasteiger partial charge < -0.3 is 15.0 Å². The van der Waals surface area contributed by atoms with Crippen LogP contribution in [0.3, 0.4) is 0 Å². The molecule has 2 aromatic carbocycles. The molecule has 3 atom stereocenters. The Hall–Kier alpha value is -2.77. The topological polar surface area (TPSA) is 57.7 Å². The quantitative estimate of drug-likeness (QED) is 0.509. The first-order chi connectivity index (χ1) is 17.5. The van der Waals surface area contributed by atoms with Gasteiger partial charge in [0.2, 0.25) is 5.91 Å². The number of hydrogen-bond acceptors (Lipinski definition) is 5. The standard InChI is InChI=1S/C30H36N4O2.ClH/c1-22-18-33(26(17-32-22)20-36-3)19-29(35)34-21-30(2,25-10-7-13-31-16-25)27-12-11-24(15-28(27)34)14-23-8-5-4-6-9-23;/h4-13,15-16,22,26,32H,14,17-21H2,1-3H3;1H/t22-,26-,30?;/m1./s1. The number of anilines is 1. The molecule has 1 amide bonds. The van der Waals surface area contributed by atoms with E-state index in [1.54, 1.807) is 13.3 Å². The molecule has 1 N–H and O–H groups in total. The summed E-state index contributed by atoms with van der Waals surface area (Å²) in [5.41, 5.74) is 5.49. The molecule has 6 nitrogen and oxygen atoms in total. The summed E-state index contributed by atoms with van der Waals surface area (Å²) in [5, 5.41) is 3.52. The number of rotatable bonds is 7. The summed E-state index contributed by atoms with van der Waals surface area (Å²) >= 11 is 0. The fraction of sp³-hybridized carbons (Fsp3) is 0.400. The van der Waals surface area contributed by atoms with E-state index in [0.717, 1.165) is 30.8 Å². The first kappa shape index (κ1) is 27.3. The number of pyridine rings is 1. The van der Waals surface area contributed by atoms with Crippen LogP contribution in [-0.2, 0) is 21.4 Å². The fourth-order valence-electron chi connectivity index (χ4n) is 5.69. The van der Waals surface area contributed by atoms with E-state index in [9.17, 15) is 4.79 Å². The normalized spacial score (nSPS) is 23.4. The highest BCUT2D eigenvalue weighted by molar-refractivity contribution is 5.98. The molecule has 0 bridgehead atoms. The van der Waals surface area contributed by atoms with Crippen LogP contribution in [-0.4, -0.2) is 67.8 Å². The van der Waals surface area contributed by atoms with Gasteiger partial charge in [-0.1, -0.05) is 48.5 Å². The third-order valence-corrected chi connectivity index (χ3v) is 7.70. The molecule has 0 aliphatic carbocycles. The molecule has 1 fully saturated rings. The van der Waals surface area contributed by atoms with Crippen LogP contribution in [0.25, 0.3) is 0 Å². The van der Waals surface area contributed by atoms with E-state index < -0.39 is 0 Å². The second kappa shape index (κ2) is 11.7. The van der Waals surface area contributed by atoms with Crippen molar-refractivity contribution in [1.29, 1.82) is 0 Å². The summed E-state index contributed by atoms with van der Waals surface area (Å²) < 4.78 is 5.46. The minimum absolute atomic E-state index is 0.